The van der Waals surface area contributed by atoms with Crippen LogP contribution in [0.15, 0.2) is 67.1 Å². The number of nitrogens with zero attached hydrogens (tertiary/aromatic N) is 4. The van der Waals surface area contributed by atoms with E-state index in [4.69, 9.17) is 0 Å². The van der Waals surface area contributed by atoms with Crippen LogP contribution in [0.3, 0.4) is 0 Å². The van der Waals surface area contributed by atoms with Crippen molar-refractivity contribution in [1.82, 2.24) is 24.4 Å². The van der Waals surface area contributed by atoms with E-state index in [1.165, 1.54) is 11.3 Å². The Morgan fingerprint density at radius 3 is 2.69 bits per heavy atom. The van der Waals surface area contributed by atoms with Gasteiger partial charge in [-0.05, 0) is 24.7 Å². The number of hydrogen-bond acceptors (Lipinski definition) is 3. The maximum Gasteiger partial charge on any atom is 0.108 e. The van der Waals surface area contributed by atoms with Crippen molar-refractivity contribution in [3.05, 3.63) is 84.2 Å². The maximum atomic E-state index is 4.66. The zero-order valence-corrected chi connectivity index (χ0v) is 15.0. The number of rotatable bonds is 7. The fourth-order valence-electron chi connectivity index (χ4n) is 3.18. The van der Waals surface area contributed by atoms with Crippen molar-refractivity contribution in [2.45, 2.75) is 19.5 Å². The minimum atomic E-state index is 0.855. The number of H-pyrrole nitrogens is 1. The van der Waals surface area contributed by atoms with Crippen LogP contribution in [0.5, 0.6) is 0 Å². The van der Waals surface area contributed by atoms with Crippen molar-refractivity contribution in [3.63, 3.8) is 0 Å². The lowest BCUT2D eigenvalue weighted by molar-refractivity contribution is 0.320. The highest BCUT2D eigenvalue weighted by Gasteiger charge is 2.08. The number of imidazole rings is 2. The second-order valence-corrected chi connectivity index (χ2v) is 6.69. The first kappa shape index (κ1) is 16.5. The van der Waals surface area contributed by atoms with Gasteiger partial charge in [-0.1, -0.05) is 42.5 Å². The summed E-state index contributed by atoms with van der Waals surface area (Å²) in [5.41, 5.74) is 4.65. The number of nitrogens with one attached hydrogen (secondary N) is 1. The topological polar surface area (TPSA) is 49.7 Å². The van der Waals surface area contributed by atoms with Crippen molar-refractivity contribution in [1.29, 1.82) is 0 Å². The maximum absolute atomic E-state index is 4.66. The van der Waals surface area contributed by atoms with E-state index in [2.05, 4.69) is 61.8 Å². The van der Waals surface area contributed by atoms with Crippen LogP contribution in [0.4, 0.5) is 0 Å². The molecule has 4 aromatic rings. The van der Waals surface area contributed by atoms with Crippen molar-refractivity contribution >= 4 is 11.0 Å². The Balaban J connectivity index is 1.36. The molecule has 0 radical (unpaired) electrons. The molecule has 0 bridgehead atoms. The highest BCUT2D eigenvalue weighted by molar-refractivity contribution is 5.74. The minimum Gasteiger partial charge on any atom is -0.342 e. The number of likely N-dealkylation sites (N-methyl/N-ethyl adjacent to an activating group) is 1. The minimum absolute atomic E-state index is 0.855. The zero-order valence-electron chi connectivity index (χ0n) is 15.0. The smallest absolute Gasteiger partial charge is 0.108 e. The second-order valence-electron chi connectivity index (χ2n) is 6.69. The fourth-order valence-corrected chi connectivity index (χ4v) is 3.18. The average Bonchev–Trinajstić information content (AvgIpc) is 3.27. The van der Waals surface area contributed by atoms with Crippen molar-refractivity contribution < 1.29 is 0 Å². The third-order valence-corrected chi connectivity index (χ3v) is 4.59. The molecule has 2 aromatic heterocycles. The second kappa shape index (κ2) is 7.54. The number of hydrogen-bond donors (Lipinski definition) is 1. The molecule has 0 fully saturated rings. The predicted molar refractivity (Wildman–Crippen MR) is 104 cm³/mol. The van der Waals surface area contributed by atoms with E-state index in [1.54, 1.807) is 0 Å². The third-order valence-electron chi connectivity index (χ3n) is 4.59. The molecule has 0 amide bonds. The predicted octanol–water partition coefficient (Wildman–Crippen LogP) is 3.48. The zero-order chi connectivity index (χ0) is 17.8. The lowest BCUT2D eigenvalue weighted by Crippen LogP contribution is -2.22. The molecule has 0 aliphatic heterocycles. The van der Waals surface area contributed by atoms with Gasteiger partial charge in [0.15, 0.2) is 0 Å². The summed E-state index contributed by atoms with van der Waals surface area (Å²) in [4.78, 5) is 14.7. The van der Waals surface area contributed by atoms with Crippen LogP contribution >= 0.6 is 0 Å². The highest BCUT2D eigenvalue weighted by Crippen LogP contribution is 2.12. The third kappa shape index (κ3) is 3.83. The monoisotopic (exact) mass is 345 g/mol. The summed E-state index contributed by atoms with van der Waals surface area (Å²) in [5.74, 6) is 1.04. The molecule has 26 heavy (non-hydrogen) atoms. The van der Waals surface area contributed by atoms with Crippen LogP contribution < -0.4 is 0 Å². The molecule has 5 heteroatoms. The van der Waals surface area contributed by atoms with E-state index in [0.29, 0.717) is 0 Å². The van der Waals surface area contributed by atoms with Crippen LogP contribution in [-0.4, -0.2) is 38.0 Å². The summed E-state index contributed by atoms with van der Waals surface area (Å²) < 4.78 is 2.22. The number of aromatic amines is 1. The van der Waals surface area contributed by atoms with Crippen molar-refractivity contribution in [2.24, 2.45) is 0 Å². The number of para-hydroxylation sites is 2. The first-order valence-corrected chi connectivity index (χ1v) is 8.93. The van der Waals surface area contributed by atoms with E-state index in [9.17, 15) is 0 Å². The van der Waals surface area contributed by atoms with Crippen LogP contribution in [0.2, 0.25) is 0 Å². The summed E-state index contributed by atoms with van der Waals surface area (Å²) >= 11 is 0. The summed E-state index contributed by atoms with van der Waals surface area (Å²) in [7, 11) is 2.14. The molecule has 0 saturated carbocycles. The normalized spacial score (nSPS) is 11.5. The highest BCUT2D eigenvalue weighted by atomic mass is 15.1. The summed E-state index contributed by atoms with van der Waals surface area (Å²) in [6, 6.07) is 18.7. The molecule has 1 N–H and O–H groups in total. The Morgan fingerprint density at radius 2 is 1.85 bits per heavy atom. The molecule has 0 unspecified atom stereocenters. The molecule has 4 rings (SSSR count). The van der Waals surface area contributed by atoms with E-state index in [1.807, 2.05) is 36.8 Å². The quantitative estimate of drug-likeness (QED) is 0.558. The Morgan fingerprint density at radius 1 is 1.04 bits per heavy atom. The lowest BCUT2D eigenvalue weighted by atomic mass is 10.2. The molecule has 0 spiro atoms. The standard InChI is InChI=1S/C21H23N5/c1-25(12-11-21-23-19-9-5-6-10-20(19)24-21)15-18-13-22-16-26(18)14-17-7-3-2-4-8-17/h2-10,13,16H,11-12,14-15H2,1H3,(H,23,24). The molecular weight excluding hydrogens is 322 g/mol. The number of aromatic nitrogens is 4. The number of fused-ring (bicyclic) bond motifs is 1. The average molecular weight is 345 g/mol. The van der Waals surface area contributed by atoms with Gasteiger partial charge in [0.25, 0.3) is 0 Å². The molecule has 0 aliphatic rings. The van der Waals surface area contributed by atoms with Crippen LogP contribution in [-0.2, 0) is 19.5 Å². The molecular formula is C21H23N5. The van der Waals surface area contributed by atoms with Gasteiger partial charge < -0.3 is 14.5 Å². The van der Waals surface area contributed by atoms with Crippen LogP contribution in [0.25, 0.3) is 11.0 Å². The van der Waals surface area contributed by atoms with Gasteiger partial charge in [-0.25, -0.2) is 9.97 Å². The Labute approximate surface area is 153 Å². The molecule has 0 saturated heterocycles. The molecule has 2 aromatic carbocycles. The summed E-state index contributed by atoms with van der Waals surface area (Å²) in [6.07, 6.45) is 4.77. The Kier molecular flexibility index (Phi) is 4.80. The van der Waals surface area contributed by atoms with Gasteiger partial charge in [-0.2, -0.15) is 0 Å². The lowest BCUT2D eigenvalue weighted by Gasteiger charge is -2.17. The summed E-state index contributed by atoms with van der Waals surface area (Å²) in [6.45, 7) is 2.66. The number of benzene rings is 2. The van der Waals surface area contributed by atoms with Crippen molar-refractivity contribution in [2.75, 3.05) is 13.6 Å². The Bertz CT molecular complexity index is 937. The van der Waals surface area contributed by atoms with Gasteiger partial charge >= 0.3 is 0 Å². The first-order valence-electron chi connectivity index (χ1n) is 8.93. The van der Waals surface area contributed by atoms with Gasteiger partial charge in [0.1, 0.15) is 5.82 Å². The van der Waals surface area contributed by atoms with Gasteiger partial charge in [0.05, 0.1) is 23.1 Å². The first-order chi connectivity index (χ1) is 12.8. The van der Waals surface area contributed by atoms with Gasteiger partial charge in [0.2, 0.25) is 0 Å². The molecule has 5 nitrogen and oxygen atoms in total. The van der Waals surface area contributed by atoms with Crippen LogP contribution in [0.1, 0.15) is 17.1 Å². The molecule has 2 heterocycles. The van der Waals surface area contributed by atoms with Gasteiger partial charge in [-0.3, -0.25) is 0 Å². The van der Waals surface area contributed by atoms with Gasteiger partial charge in [0, 0.05) is 32.3 Å². The van der Waals surface area contributed by atoms with E-state index in [-0.39, 0.29) is 0 Å². The molecule has 0 atom stereocenters. The molecule has 0 aliphatic carbocycles. The van der Waals surface area contributed by atoms with E-state index < -0.39 is 0 Å². The molecule has 132 valence electrons. The van der Waals surface area contributed by atoms with Crippen molar-refractivity contribution in [3.8, 4) is 0 Å². The van der Waals surface area contributed by atoms with E-state index >= 15 is 0 Å². The van der Waals surface area contributed by atoms with E-state index in [0.717, 1.165) is 42.9 Å². The van der Waals surface area contributed by atoms with Gasteiger partial charge in [-0.15, -0.1) is 0 Å². The fraction of sp³-hybridized carbons (Fsp3) is 0.238. The Hall–Kier alpha value is -2.92. The van der Waals surface area contributed by atoms with Crippen LogP contribution in [0, 0.1) is 0 Å². The largest absolute Gasteiger partial charge is 0.342 e. The summed E-state index contributed by atoms with van der Waals surface area (Å²) in [5, 5.41) is 0. The SMILES string of the molecule is CN(CCc1nc2ccccc2[nH]1)Cc1cncn1Cc1ccccc1.